The van der Waals surface area contributed by atoms with Crippen molar-refractivity contribution in [3.63, 3.8) is 0 Å². The van der Waals surface area contributed by atoms with E-state index in [0.717, 1.165) is 50.2 Å². The first-order valence-corrected chi connectivity index (χ1v) is 9.01. The first-order valence-electron chi connectivity index (χ1n) is 9.01. The van der Waals surface area contributed by atoms with Crippen LogP contribution in [0.1, 0.15) is 42.9 Å². The molecule has 0 aliphatic carbocycles. The summed E-state index contributed by atoms with van der Waals surface area (Å²) in [5, 5.41) is 6.88. The molecule has 2 heterocycles. The molecule has 0 spiro atoms. The van der Waals surface area contributed by atoms with Gasteiger partial charge >= 0.3 is 0 Å². The number of nitrogens with one attached hydrogen (secondary N) is 1. The number of H-pyrrole nitrogens is 1. The summed E-state index contributed by atoms with van der Waals surface area (Å²) in [6, 6.07) is 6.95. The highest BCUT2D eigenvalue weighted by molar-refractivity contribution is 5.76. The summed E-state index contributed by atoms with van der Waals surface area (Å²) in [7, 11) is 0. The summed E-state index contributed by atoms with van der Waals surface area (Å²) in [4.78, 5) is 18.6. The number of aromatic amines is 1. The maximum atomic E-state index is 13.7. The zero-order valence-electron chi connectivity index (χ0n) is 14.7. The minimum Gasteiger partial charge on any atom is -0.342 e. The Balaban J connectivity index is 1.47. The number of aromatic nitrogens is 3. The van der Waals surface area contributed by atoms with Gasteiger partial charge in [-0.3, -0.25) is 9.89 Å². The maximum absolute atomic E-state index is 13.7. The number of carbonyl (C=O) groups is 1. The number of amides is 1. The largest absolute Gasteiger partial charge is 0.342 e. The third-order valence-corrected chi connectivity index (χ3v) is 4.86. The minimum atomic E-state index is -0.131. The first kappa shape index (κ1) is 17.6. The Morgan fingerprint density at radius 1 is 1.36 bits per heavy atom. The summed E-state index contributed by atoms with van der Waals surface area (Å²) < 4.78 is 13.7. The van der Waals surface area contributed by atoms with E-state index in [2.05, 4.69) is 15.2 Å². The van der Waals surface area contributed by atoms with Crippen molar-refractivity contribution in [1.29, 1.82) is 0 Å². The van der Waals surface area contributed by atoms with E-state index in [-0.39, 0.29) is 11.7 Å². The summed E-state index contributed by atoms with van der Waals surface area (Å²) >= 11 is 0. The molecule has 0 radical (unpaired) electrons. The number of nitrogens with zero attached hydrogens (tertiary/aromatic N) is 3. The molecule has 5 nitrogen and oxygen atoms in total. The molecule has 1 saturated heterocycles. The number of aryl methyl sites for hydroxylation is 3. The topological polar surface area (TPSA) is 61.9 Å². The van der Waals surface area contributed by atoms with Crippen molar-refractivity contribution < 1.29 is 9.18 Å². The number of benzene rings is 1. The summed E-state index contributed by atoms with van der Waals surface area (Å²) in [6.07, 6.45) is 4.79. The van der Waals surface area contributed by atoms with Gasteiger partial charge in [-0.15, -0.1) is 0 Å². The zero-order chi connectivity index (χ0) is 17.6. The molecule has 1 fully saturated rings. The van der Waals surface area contributed by atoms with E-state index in [4.69, 9.17) is 0 Å². The van der Waals surface area contributed by atoms with Crippen molar-refractivity contribution in [3.8, 4) is 0 Å². The van der Waals surface area contributed by atoms with E-state index < -0.39 is 0 Å². The number of rotatable bonds is 6. The quantitative estimate of drug-likeness (QED) is 0.876. The predicted molar refractivity (Wildman–Crippen MR) is 93.5 cm³/mol. The molecular weight excluding hydrogens is 319 g/mol. The number of hydrogen-bond acceptors (Lipinski definition) is 3. The molecule has 1 N–H and O–H groups in total. The van der Waals surface area contributed by atoms with Crippen LogP contribution in [0.5, 0.6) is 0 Å². The number of likely N-dealkylation sites (tertiary alicyclic amines) is 1. The van der Waals surface area contributed by atoms with Gasteiger partial charge in [0.2, 0.25) is 5.91 Å². The van der Waals surface area contributed by atoms with Crippen LogP contribution >= 0.6 is 0 Å². The smallest absolute Gasteiger partial charge is 0.223 e. The molecule has 134 valence electrons. The lowest BCUT2D eigenvalue weighted by Gasteiger charge is -2.33. The maximum Gasteiger partial charge on any atom is 0.223 e. The lowest BCUT2D eigenvalue weighted by molar-refractivity contribution is -0.133. The molecule has 1 atom stereocenters. The van der Waals surface area contributed by atoms with E-state index in [1.54, 1.807) is 6.07 Å². The fourth-order valence-electron chi connectivity index (χ4n) is 3.47. The second kappa shape index (κ2) is 8.23. The SMILES string of the molecule is Cc1nc(CCC(=O)N2CCCC(CCc3ccccc3F)C2)n[nH]1. The number of carbonyl (C=O) groups excluding carboxylic acids is 1. The summed E-state index contributed by atoms with van der Waals surface area (Å²) in [6.45, 7) is 3.45. The van der Waals surface area contributed by atoms with E-state index >= 15 is 0 Å². The Morgan fingerprint density at radius 2 is 2.20 bits per heavy atom. The van der Waals surface area contributed by atoms with E-state index in [1.165, 1.54) is 6.07 Å². The molecule has 1 unspecified atom stereocenters. The van der Waals surface area contributed by atoms with Crippen LogP contribution < -0.4 is 0 Å². The molecule has 0 saturated carbocycles. The average molecular weight is 344 g/mol. The molecule has 1 aliphatic heterocycles. The van der Waals surface area contributed by atoms with Gasteiger partial charge in [0.15, 0.2) is 5.82 Å². The second-order valence-corrected chi connectivity index (χ2v) is 6.82. The van der Waals surface area contributed by atoms with Gasteiger partial charge in [-0.05, 0) is 50.2 Å². The van der Waals surface area contributed by atoms with Gasteiger partial charge < -0.3 is 4.90 Å². The molecule has 1 aliphatic rings. The highest BCUT2D eigenvalue weighted by atomic mass is 19.1. The standard InChI is InChI=1S/C19H25FN4O/c1-14-21-18(23-22-14)10-11-19(25)24-12-4-5-15(13-24)8-9-16-6-2-3-7-17(16)20/h2-3,6-7,15H,4-5,8-13H2,1H3,(H,21,22,23). The molecule has 1 amide bonds. The van der Waals surface area contributed by atoms with Crippen LogP contribution in [-0.2, 0) is 17.6 Å². The van der Waals surface area contributed by atoms with Crippen molar-refractivity contribution >= 4 is 5.91 Å². The van der Waals surface area contributed by atoms with Gasteiger partial charge in [0.05, 0.1) is 0 Å². The lowest BCUT2D eigenvalue weighted by Crippen LogP contribution is -2.40. The van der Waals surface area contributed by atoms with Crippen molar-refractivity contribution in [2.75, 3.05) is 13.1 Å². The fourth-order valence-corrected chi connectivity index (χ4v) is 3.47. The summed E-state index contributed by atoms with van der Waals surface area (Å²) in [5.74, 6) is 1.95. The van der Waals surface area contributed by atoms with Gasteiger partial charge in [0.25, 0.3) is 0 Å². The third-order valence-electron chi connectivity index (χ3n) is 4.86. The van der Waals surface area contributed by atoms with Gasteiger partial charge in [-0.1, -0.05) is 18.2 Å². The zero-order valence-corrected chi connectivity index (χ0v) is 14.7. The number of piperidine rings is 1. The van der Waals surface area contributed by atoms with Crippen LogP contribution in [0.4, 0.5) is 4.39 Å². The van der Waals surface area contributed by atoms with Crippen molar-refractivity contribution in [2.24, 2.45) is 5.92 Å². The molecule has 0 bridgehead atoms. The van der Waals surface area contributed by atoms with Gasteiger partial charge in [-0.2, -0.15) is 5.10 Å². The predicted octanol–water partition coefficient (Wildman–Crippen LogP) is 3.06. The molecule has 3 rings (SSSR count). The molecule has 1 aromatic carbocycles. The lowest BCUT2D eigenvalue weighted by atomic mass is 9.91. The monoisotopic (exact) mass is 344 g/mol. The highest BCUT2D eigenvalue weighted by Crippen LogP contribution is 2.23. The van der Waals surface area contributed by atoms with Crippen LogP contribution in [0.15, 0.2) is 24.3 Å². The molecular formula is C19H25FN4O. The van der Waals surface area contributed by atoms with Crippen molar-refractivity contribution in [3.05, 3.63) is 47.3 Å². The van der Waals surface area contributed by atoms with Gasteiger partial charge in [0, 0.05) is 25.9 Å². The number of hydrogen-bond donors (Lipinski definition) is 1. The van der Waals surface area contributed by atoms with Gasteiger partial charge in [-0.25, -0.2) is 9.37 Å². The third kappa shape index (κ3) is 4.87. The Hall–Kier alpha value is -2.24. The number of halogens is 1. The fraction of sp³-hybridized carbons (Fsp3) is 0.526. The van der Waals surface area contributed by atoms with Crippen LogP contribution in [0.3, 0.4) is 0 Å². The van der Waals surface area contributed by atoms with Gasteiger partial charge in [0.1, 0.15) is 11.6 Å². The average Bonchev–Trinajstić information content (AvgIpc) is 3.04. The van der Waals surface area contributed by atoms with Crippen LogP contribution in [0.2, 0.25) is 0 Å². The van der Waals surface area contributed by atoms with Crippen LogP contribution in [0, 0.1) is 18.7 Å². The first-order chi connectivity index (χ1) is 12.1. The minimum absolute atomic E-state index is 0.131. The van der Waals surface area contributed by atoms with Crippen LogP contribution in [-0.4, -0.2) is 39.1 Å². The molecule has 1 aromatic heterocycles. The Bertz CT molecular complexity index is 715. The second-order valence-electron chi connectivity index (χ2n) is 6.82. The molecule has 2 aromatic rings. The highest BCUT2D eigenvalue weighted by Gasteiger charge is 2.23. The van der Waals surface area contributed by atoms with Crippen molar-refractivity contribution in [2.45, 2.75) is 45.4 Å². The van der Waals surface area contributed by atoms with E-state index in [0.29, 0.717) is 24.6 Å². The Kier molecular flexibility index (Phi) is 5.79. The molecule has 25 heavy (non-hydrogen) atoms. The van der Waals surface area contributed by atoms with E-state index in [1.807, 2.05) is 24.0 Å². The Morgan fingerprint density at radius 3 is 2.96 bits per heavy atom. The summed E-state index contributed by atoms with van der Waals surface area (Å²) in [5.41, 5.74) is 0.769. The Labute approximate surface area is 147 Å². The van der Waals surface area contributed by atoms with Crippen LogP contribution in [0.25, 0.3) is 0 Å². The van der Waals surface area contributed by atoms with E-state index in [9.17, 15) is 9.18 Å². The molecule has 6 heteroatoms. The normalized spacial score (nSPS) is 17.7. The van der Waals surface area contributed by atoms with Crippen molar-refractivity contribution in [1.82, 2.24) is 20.1 Å².